The molecule has 1 aliphatic heterocycles. The zero-order valence-corrected chi connectivity index (χ0v) is 17.1. The van der Waals surface area contributed by atoms with Gasteiger partial charge < -0.3 is 9.73 Å². The highest BCUT2D eigenvalue weighted by Gasteiger charge is 2.29. The molecule has 0 bridgehead atoms. The Kier molecular flexibility index (Phi) is 5.54. The summed E-state index contributed by atoms with van der Waals surface area (Å²) in [5, 5.41) is 11.0. The van der Waals surface area contributed by atoms with Crippen LogP contribution in [-0.4, -0.2) is 34.1 Å². The van der Waals surface area contributed by atoms with Crippen molar-refractivity contribution in [3.8, 4) is 11.5 Å². The number of likely N-dealkylation sites (tertiary alicyclic amines) is 1. The van der Waals surface area contributed by atoms with E-state index in [4.69, 9.17) is 4.42 Å². The summed E-state index contributed by atoms with van der Waals surface area (Å²) in [5.74, 6) is 0.912. The van der Waals surface area contributed by atoms with Crippen molar-refractivity contribution < 1.29 is 9.21 Å². The first-order valence-corrected chi connectivity index (χ1v) is 10.1. The molecule has 2 aromatic carbocycles. The van der Waals surface area contributed by atoms with Crippen molar-refractivity contribution in [2.45, 2.75) is 25.8 Å². The molecule has 1 saturated heterocycles. The molecule has 0 radical (unpaired) electrons. The molecule has 0 spiro atoms. The summed E-state index contributed by atoms with van der Waals surface area (Å²) >= 11 is 3.47. The van der Waals surface area contributed by atoms with Crippen LogP contribution in [-0.2, 0) is 4.79 Å². The van der Waals surface area contributed by atoms with Crippen LogP contribution in [0.1, 0.15) is 30.3 Å². The highest BCUT2D eigenvalue weighted by molar-refractivity contribution is 9.10. The third-order valence-corrected chi connectivity index (χ3v) is 5.37. The number of hydrogen-bond donors (Lipinski definition) is 1. The number of hydrogen-bond acceptors (Lipinski definition) is 5. The van der Waals surface area contributed by atoms with Crippen LogP contribution in [0.2, 0.25) is 0 Å². The van der Waals surface area contributed by atoms with Gasteiger partial charge in [-0.3, -0.25) is 9.69 Å². The molecule has 1 amide bonds. The molecule has 28 heavy (non-hydrogen) atoms. The van der Waals surface area contributed by atoms with Crippen molar-refractivity contribution in [2.24, 2.45) is 0 Å². The van der Waals surface area contributed by atoms with E-state index in [0.717, 1.165) is 41.5 Å². The number of anilines is 1. The molecular weight excluding hydrogens is 420 g/mol. The van der Waals surface area contributed by atoms with Gasteiger partial charge in [0.05, 0.1) is 0 Å². The lowest BCUT2D eigenvalue weighted by Gasteiger charge is -2.27. The average molecular weight is 441 g/mol. The fourth-order valence-corrected chi connectivity index (χ4v) is 3.79. The molecule has 7 heteroatoms. The summed E-state index contributed by atoms with van der Waals surface area (Å²) in [4.78, 5) is 15.5. The second kappa shape index (κ2) is 8.24. The fourth-order valence-electron chi connectivity index (χ4n) is 3.53. The van der Waals surface area contributed by atoms with Crippen molar-refractivity contribution in [3.63, 3.8) is 0 Å². The normalized spacial score (nSPS) is 15.5. The van der Waals surface area contributed by atoms with Gasteiger partial charge in [-0.25, -0.2) is 0 Å². The van der Waals surface area contributed by atoms with E-state index in [1.165, 1.54) is 0 Å². The quantitative estimate of drug-likeness (QED) is 0.628. The van der Waals surface area contributed by atoms with Crippen molar-refractivity contribution in [2.75, 3.05) is 18.4 Å². The Balaban J connectivity index is 1.58. The number of carbonyl (C=O) groups excluding carboxylic acids is 1. The van der Waals surface area contributed by atoms with Crippen molar-refractivity contribution in [1.29, 1.82) is 0 Å². The van der Waals surface area contributed by atoms with E-state index in [1.54, 1.807) is 6.92 Å². The van der Waals surface area contributed by atoms with Crippen LogP contribution in [0.25, 0.3) is 11.5 Å². The summed E-state index contributed by atoms with van der Waals surface area (Å²) in [7, 11) is 0. The van der Waals surface area contributed by atoms with Gasteiger partial charge in [0.1, 0.15) is 6.04 Å². The Morgan fingerprint density at radius 3 is 2.57 bits per heavy atom. The van der Waals surface area contributed by atoms with Gasteiger partial charge in [0.15, 0.2) is 0 Å². The summed E-state index contributed by atoms with van der Waals surface area (Å²) in [6, 6.07) is 15.1. The molecule has 1 atom stereocenters. The molecule has 0 aliphatic carbocycles. The van der Waals surface area contributed by atoms with Crippen LogP contribution in [0.15, 0.2) is 57.4 Å². The number of amides is 1. The number of benzene rings is 2. The lowest BCUT2D eigenvalue weighted by atomic mass is 10.0. The lowest BCUT2D eigenvalue weighted by molar-refractivity contribution is -0.121. The monoisotopic (exact) mass is 440 g/mol. The van der Waals surface area contributed by atoms with Gasteiger partial charge in [-0.2, -0.15) is 0 Å². The molecule has 1 aromatic heterocycles. The molecule has 0 saturated carbocycles. The summed E-state index contributed by atoms with van der Waals surface area (Å²) in [6.45, 7) is 3.60. The molecule has 4 rings (SSSR count). The third kappa shape index (κ3) is 4.15. The Labute approximate surface area is 172 Å². The molecule has 2 heterocycles. The van der Waals surface area contributed by atoms with Crippen LogP contribution >= 0.6 is 15.9 Å². The van der Waals surface area contributed by atoms with Crippen LogP contribution in [0.4, 0.5) is 5.69 Å². The van der Waals surface area contributed by atoms with Gasteiger partial charge in [0.2, 0.25) is 17.7 Å². The Bertz CT molecular complexity index is 965. The number of aryl methyl sites for hydroxylation is 1. The Morgan fingerprint density at radius 2 is 1.89 bits per heavy atom. The molecule has 1 N–H and O–H groups in total. The van der Waals surface area contributed by atoms with Gasteiger partial charge in [-0.15, -0.1) is 10.2 Å². The van der Waals surface area contributed by atoms with Gasteiger partial charge in [-0.05, 0) is 61.8 Å². The van der Waals surface area contributed by atoms with Crippen molar-refractivity contribution in [1.82, 2.24) is 15.1 Å². The maximum atomic E-state index is 13.2. The third-order valence-electron chi connectivity index (χ3n) is 4.84. The molecule has 6 nitrogen and oxygen atoms in total. The van der Waals surface area contributed by atoms with E-state index in [9.17, 15) is 4.79 Å². The highest BCUT2D eigenvalue weighted by Crippen LogP contribution is 2.28. The Morgan fingerprint density at radius 1 is 1.14 bits per heavy atom. The predicted octanol–water partition coefficient (Wildman–Crippen LogP) is 4.58. The minimum absolute atomic E-state index is 0.0388. The summed E-state index contributed by atoms with van der Waals surface area (Å²) in [6.07, 6.45) is 2.23. The van der Waals surface area contributed by atoms with E-state index in [0.29, 0.717) is 17.5 Å². The first-order chi connectivity index (χ1) is 13.6. The van der Waals surface area contributed by atoms with E-state index < -0.39 is 0 Å². The van der Waals surface area contributed by atoms with E-state index in [1.807, 2.05) is 48.5 Å². The largest absolute Gasteiger partial charge is 0.421 e. The molecule has 1 aliphatic rings. The van der Waals surface area contributed by atoms with Crippen LogP contribution in [0, 0.1) is 6.92 Å². The van der Waals surface area contributed by atoms with Gasteiger partial charge in [0, 0.05) is 22.6 Å². The zero-order valence-electron chi connectivity index (χ0n) is 15.6. The smallest absolute Gasteiger partial charge is 0.247 e. The SMILES string of the molecule is Cc1nnc(-c2cccc(NC(=O)[C@@H](c3ccc(Br)cc3)N3CCCC3)c2)o1. The molecule has 0 unspecified atom stereocenters. The van der Waals surface area contributed by atoms with Gasteiger partial charge >= 0.3 is 0 Å². The zero-order chi connectivity index (χ0) is 19.5. The second-order valence-corrected chi connectivity index (χ2v) is 7.81. The minimum Gasteiger partial charge on any atom is -0.421 e. The van der Waals surface area contributed by atoms with Crippen LogP contribution in [0.3, 0.4) is 0 Å². The Hall–Kier alpha value is -2.51. The van der Waals surface area contributed by atoms with Gasteiger partial charge in [-0.1, -0.05) is 34.1 Å². The van der Waals surface area contributed by atoms with Gasteiger partial charge in [0.25, 0.3) is 0 Å². The highest BCUT2D eigenvalue weighted by atomic mass is 79.9. The number of halogens is 1. The topological polar surface area (TPSA) is 71.3 Å². The number of nitrogens with zero attached hydrogens (tertiary/aromatic N) is 3. The van der Waals surface area contributed by atoms with E-state index in [2.05, 4.69) is 36.3 Å². The maximum absolute atomic E-state index is 13.2. The molecule has 144 valence electrons. The number of carbonyl (C=O) groups is 1. The predicted molar refractivity (Wildman–Crippen MR) is 111 cm³/mol. The van der Waals surface area contributed by atoms with Crippen LogP contribution in [0.5, 0.6) is 0 Å². The lowest BCUT2D eigenvalue weighted by Crippen LogP contribution is -2.35. The second-order valence-electron chi connectivity index (χ2n) is 6.89. The number of aromatic nitrogens is 2. The minimum atomic E-state index is -0.315. The van der Waals surface area contributed by atoms with E-state index >= 15 is 0 Å². The van der Waals surface area contributed by atoms with Crippen molar-refractivity contribution in [3.05, 3.63) is 64.5 Å². The van der Waals surface area contributed by atoms with Crippen molar-refractivity contribution >= 4 is 27.5 Å². The average Bonchev–Trinajstić information content (AvgIpc) is 3.36. The molecular formula is C21H21BrN4O2. The first-order valence-electron chi connectivity index (χ1n) is 9.31. The summed E-state index contributed by atoms with van der Waals surface area (Å²) < 4.78 is 6.49. The van der Waals surface area contributed by atoms with E-state index in [-0.39, 0.29) is 11.9 Å². The number of rotatable bonds is 5. The first kappa shape index (κ1) is 18.8. The van der Waals surface area contributed by atoms with Crippen LogP contribution < -0.4 is 5.32 Å². The standard InChI is InChI=1S/C21H21BrN4O2/c1-14-24-25-21(28-14)16-5-4-6-18(13-16)23-20(27)19(26-11-2-3-12-26)15-7-9-17(22)10-8-15/h4-10,13,19H,2-3,11-12H2,1H3,(H,23,27)/t19-/m1/s1. The summed E-state index contributed by atoms with van der Waals surface area (Å²) in [5.41, 5.74) is 2.48. The molecule has 3 aromatic rings. The fraction of sp³-hybridized carbons (Fsp3) is 0.286. The molecule has 1 fully saturated rings. The maximum Gasteiger partial charge on any atom is 0.247 e. The number of nitrogens with one attached hydrogen (secondary N) is 1.